The standard InChI is InChI=1S/C24H44O6/c1-5-9-15-21(27-7-3)23(25)29-17-19-13-11-12-14-20(19)18-30-24(26)22(28-8-4)16-10-6-2/h19-22H,5-18H2,1-4H3. The molecule has 0 bridgehead atoms. The molecule has 0 aliphatic heterocycles. The molecule has 176 valence electrons. The summed E-state index contributed by atoms with van der Waals surface area (Å²) in [4.78, 5) is 24.9. The molecule has 0 radical (unpaired) electrons. The van der Waals surface area contributed by atoms with Crippen molar-refractivity contribution in [3.63, 3.8) is 0 Å². The fourth-order valence-electron chi connectivity index (χ4n) is 4.01. The minimum atomic E-state index is -0.472. The van der Waals surface area contributed by atoms with Crippen LogP contribution < -0.4 is 0 Å². The topological polar surface area (TPSA) is 71.1 Å². The predicted molar refractivity (Wildman–Crippen MR) is 117 cm³/mol. The molecule has 4 unspecified atom stereocenters. The first-order chi connectivity index (χ1) is 14.6. The second-order valence-electron chi connectivity index (χ2n) is 8.24. The molecule has 0 aromatic rings. The third-order valence-corrected chi connectivity index (χ3v) is 5.85. The number of hydrogen-bond donors (Lipinski definition) is 0. The normalized spacial score (nSPS) is 21.1. The van der Waals surface area contributed by atoms with Crippen LogP contribution in [-0.4, -0.2) is 50.6 Å². The Morgan fingerprint density at radius 2 is 1.13 bits per heavy atom. The van der Waals surface area contributed by atoms with E-state index >= 15 is 0 Å². The van der Waals surface area contributed by atoms with Crippen LogP contribution in [0.3, 0.4) is 0 Å². The Labute approximate surface area is 183 Å². The molecule has 30 heavy (non-hydrogen) atoms. The Balaban J connectivity index is 2.53. The quantitative estimate of drug-likeness (QED) is 0.320. The highest BCUT2D eigenvalue weighted by atomic mass is 16.6. The van der Waals surface area contributed by atoms with Gasteiger partial charge in [0, 0.05) is 13.2 Å². The molecule has 6 nitrogen and oxygen atoms in total. The van der Waals surface area contributed by atoms with Crippen LogP contribution in [0.1, 0.15) is 91.9 Å². The Morgan fingerprint density at radius 1 is 0.733 bits per heavy atom. The number of esters is 2. The zero-order valence-electron chi connectivity index (χ0n) is 19.7. The highest BCUT2D eigenvalue weighted by Gasteiger charge is 2.30. The summed E-state index contributed by atoms with van der Waals surface area (Å²) >= 11 is 0. The first-order valence-corrected chi connectivity index (χ1v) is 12.1. The van der Waals surface area contributed by atoms with Crippen molar-refractivity contribution in [2.45, 2.75) is 104 Å². The van der Waals surface area contributed by atoms with Crippen molar-refractivity contribution in [3.05, 3.63) is 0 Å². The molecule has 1 fully saturated rings. The number of carbonyl (C=O) groups is 2. The van der Waals surface area contributed by atoms with E-state index < -0.39 is 12.2 Å². The number of unbranched alkanes of at least 4 members (excludes halogenated alkanes) is 2. The molecule has 0 aromatic carbocycles. The SMILES string of the molecule is CCCCC(OCC)C(=O)OCC1CCCCC1COC(=O)C(CCCC)OCC. The predicted octanol–water partition coefficient (Wildman–Crippen LogP) is 5.07. The van der Waals surface area contributed by atoms with Gasteiger partial charge in [-0.25, -0.2) is 9.59 Å². The minimum absolute atomic E-state index is 0.227. The molecular formula is C24H44O6. The molecule has 0 spiro atoms. The lowest BCUT2D eigenvalue weighted by Crippen LogP contribution is -2.34. The van der Waals surface area contributed by atoms with Crippen LogP contribution in [-0.2, 0) is 28.5 Å². The van der Waals surface area contributed by atoms with Gasteiger partial charge in [0.25, 0.3) is 0 Å². The fraction of sp³-hybridized carbons (Fsp3) is 0.917. The van der Waals surface area contributed by atoms with E-state index in [-0.39, 0.29) is 23.8 Å². The molecule has 0 saturated heterocycles. The zero-order valence-corrected chi connectivity index (χ0v) is 19.7. The van der Waals surface area contributed by atoms with Crippen LogP contribution >= 0.6 is 0 Å². The number of hydrogen-bond acceptors (Lipinski definition) is 6. The molecule has 0 amide bonds. The Hall–Kier alpha value is -1.14. The maximum atomic E-state index is 12.5. The van der Waals surface area contributed by atoms with Gasteiger partial charge in [-0.1, -0.05) is 52.4 Å². The van der Waals surface area contributed by atoms with E-state index in [1.807, 2.05) is 13.8 Å². The Morgan fingerprint density at radius 3 is 1.47 bits per heavy atom. The van der Waals surface area contributed by atoms with E-state index in [1.165, 1.54) is 0 Å². The van der Waals surface area contributed by atoms with Crippen molar-refractivity contribution in [2.24, 2.45) is 11.8 Å². The van der Waals surface area contributed by atoms with Crippen LogP contribution in [0.25, 0.3) is 0 Å². The van der Waals surface area contributed by atoms with Gasteiger partial charge in [-0.3, -0.25) is 0 Å². The highest BCUT2D eigenvalue weighted by Crippen LogP contribution is 2.31. The summed E-state index contributed by atoms with van der Waals surface area (Å²) in [6.45, 7) is 9.75. The average Bonchev–Trinajstić information content (AvgIpc) is 2.76. The van der Waals surface area contributed by atoms with Gasteiger partial charge in [0.05, 0.1) is 13.2 Å². The van der Waals surface area contributed by atoms with Crippen LogP contribution in [0.4, 0.5) is 0 Å². The third kappa shape index (κ3) is 10.3. The Kier molecular flexibility index (Phi) is 14.8. The van der Waals surface area contributed by atoms with Gasteiger partial charge in [0.2, 0.25) is 0 Å². The van der Waals surface area contributed by atoms with Crippen molar-refractivity contribution in [3.8, 4) is 0 Å². The van der Waals surface area contributed by atoms with Gasteiger partial charge in [0.1, 0.15) is 0 Å². The molecule has 1 rings (SSSR count). The van der Waals surface area contributed by atoms with E-state index in [0.717, 1.165) is 51.4 Å². The molecule has 6 heteroatoms. The first kappa shape index (κ1) is 26.9. The van der Waals surface area contributed by atoms with Gasteiger partial charge in [-0.15, -0.1) is 0 Å². The maximum absolute atomic E-state index is 12.5. The van der Waals surface area contributed by atoms with Crippen molar-refractivity contribution < 1.29 is 28.5 Å². The third-order valence-electron chi connectivity index (χ3n) is 5.85. The van der Waals surface area contributed by atoms with Crippen molar-refractivity contribution >= 4 is 11.9 Å². The van der Waals surface area contributed by atoms with E-state index in [4.69, 9.17) is 18.9 Å². The summed E-state index contributed by atoms with van der Waals surface area (Å²) in [6.07, 6.45) is 8.62. The van der Waals surface area contributed by atoms with Gasteiger partial charge in [-0.05, 0) is 51.4 Å². The van der Waals surface area contributed by atoms with Gasteiger partial charge < -0.3 is 18.9 Å². The highest BCUT2D eigenvalue weighted by molar-refractivity contribution is 5.75. The number of rotatable bonds is 16. The average molecular weight is 429 g/mol. The summed E-state index contributed by atoms with van der Waals surface area (Å²) in [5, 5.41) is 0. The molecule has 4 atom stereocenters. The van der Waals surface area contributed by atoms with Gasteiger partial charge >= 0.3 is 11.9 Å². The molecule has 1 aliphatic rings. The summed E-state index contributed by atoms with van der Waals surface area (Å²) in [5.41, 5.74) is 0. The summed E-state index contributed by atoms with van der Waals surface area (Å²) < 4.78 is 22.4. The molecular weight excluding hydrogens is 384 g/mol. The summed E-state index contributed by atoms with van der Waals surface area (Å²) in [6, 6.07) is 0. The van der Waals surface area contributed by atoms with E-state index in [9.17, 15) is 9.59 Å². The second kappa shape index (κ2) is 16.5. The van der Waals surface area contributed by atoms with E-state index in [0.29, 0.717) is 39.3 Å². The Bertz CT molecular complexity index is 425. The monoisotopic (exact) mass is 428 g/mol. The van der Waals surface area contributed by atoms with Crippen molar-refractivity contribution in [2.75, 3.05) is 26.4 Å². The van der Waals surface area contributed by atoms with Crippen molar-refractivity contribution in [1.82, 2.24) is 0 Å². The van der Waals surface area contributed by atoms with Crippen LogP contribution in [0, 0.1) is 11.8 Å². The maximum Gasteiger partial charge on any atom is 0.335 e. The largest absolute Gasteiger partial charge is 0.463 e. The smallest absolute Gasteiger partial charge is 0.335 e. The first-order valence-electron chi connectivity index (χ1n) is 12.1. The lowest BCUT2D eigenvalue weighted by molar-refractivity contribution is -0.164. The number of ether oxygens (including phenoxy) is 4. The van der Waals surface area contributed by atoms with E-state index in [2.05, 4.69) is 13.8 Å². The van der Waals surface area contributed by atoms with E-state index in [1.54, 1.807) is 0 Å². The molecule has 0 heterocycles. The lowest BCUT2D eigenvalue weighted by atomic mass is 9.80. The summed E-state index contributed by atoms with van der Waals surface area (Å²) in [7, 11) is 0. The molecule has 1 aliphatic carbocycles. The second-order valence-corrected chi connectivity index (χ2v) is 8.24. The number of carbonyl (C=O) groups excluding carboxylic acids is 2. The van der Waals surface area contributed by atoms with Crippen LogP contribution in [0.5, 0.6) is 0 Å². The minimum Gasteiger partial charge on any atom is -0.463 e. The zero-order chi connectivity index (χ0) is 22.2. The molecule has 0 N–H and O–H groups in total. The van der Waals surface area contributed by atoms with Crippen molar-refractivity contribution in [1.29, 1.82) is 0 Å². The van der Waals surface area contributed by atoms with Crippen LogP contribution in [0.2, 0.25) is 0 Å². The van der Waals surface area contributed by atoms with Gasteiger partial charge in [-0.2, -0.15) is 0 Å². The molecule has 0 aromatic heterocycles. The van der Waals surface area contributed by atoms with Gasteiger partial charge in [0.15, 0.2) is 12.2 Å². The van der Waals surface area contributed by atoms with Crippen LogP contribution in [0.15, 0.2) is 0 Å². The lowest BCUT2D eigenvalue weighted by Gasteiger charge is -2.31. The fourth-order valence-corrected chi connectivity index (χ4v) is 4.01. The molecule has 1 saturated carbocycles. The summed E-state index contributed by atoms with van der Waals surface area (Å²) in [5.74, 6) is -0.0690.